The zero-order valence-electron chi connectivity index (χ0n) is 13.3. The number of carbonyl (C=O) groups excluding carboxylic acids is 1. The molecule has 0 aromatic carbocycles. The molecule has 0 bridgehead atoms. The number of morpholine rings is 1. The Morgan fingerprint density at radius 3 is 2.96 bits per heavy atom. The number of nitrogens with one attached hydrogen (secondary N) is 1. The number of rotatable bonds is 4. The number of thiophene rings is 1. The van der Waals surface area contributed by atoms with Crippen molar-refractivity contribution in [3.8, 4) is 5.82 Å². The Bertz CT molecular complexity index is 857. The summed E-state index contributed by atoms with van der Waals surface area (Å²) in [5.41, 5.74) is 2.14. The van der Waals surface area contributed by atoms with Crippen molar-refractivity contribution >= 4 is 28.6 Å². The van der Waals surface area contributed by atoms with Gasteiger partial charge in [-0.3, -0.25) is 4.79 Å². The van der Waals surface area contributed by atoms with Gasteiger partial charge in [0.05, 0.1) is 43.1 Å². The molecule has 3 aromatic rings. The van der Waals surface area contributed by atoms with E-state index >= 15 is 0 Å². The van der Waals surface area contributed by atoms with Crippen LogP contribution < -0.4 is 10.2 Å². The maximum atomic E-state index is 12.1. The number of nitrogens with zero attached hydrogens (tertiary/aromatic N) is 5. The zero-order chi connectivity index (χ0) is 17.1. The molecule has 0 aliphatic carbocycles. The second kappa shape index (κ2) is 6.99. The molecule has 1 amide bonds. The minimum atomic E-state index is -0.156. The van der Waals surface area contributed by atoms with Crippen molar-refractivity contribution in [2.45, 2.75) is 0 Å². The molecule has 1 aliphatic heterocycles. The first-order valence-electron chi connectivity index (χ1n) is 7.82. The molecule has 9 heteroatoms. The van der Waals surface area contributed by atoms with Crippen molar-refractivity contribution in [1.82, 2.24) is 19.7 Å². The lowest BCUT2D eigenvalue weighted by molar-refractivity contribution is 0.102. The van der Waals surface area contributed by atoms with Gasteiger partial charge in [0.25, 0.3) is 5.91 Å². The lowest BCUT2D eigenvalue weighted by Crippen LogP contribution is -2.37. The second-order valence-electron chi connectivity index (χ2n) is 5.47. The van der Waals surface area contributed by atoms with Crippen LogP contribution in [0.15, 0.2) is 41.7 Å². The Morgan fingerprint density at radius 2 is 2.16 bits per heavy atom. The maximum Gasteiger partial charge on any atom is 0.256 e. The van der Waals surface area contributed by atoms with E-state index < -0.39 is 0 Å². The fourth-order valence-electron chi connectivity index (χ4n) is 2.62. The number of hydrogen-bond donors (Lipinski definition) is 1. The lowest BCUT2D eigenvalue weighted by Gasteiger charge is -2.29. The van der Waals surface area contributed by atoms with Crippen molar-refractivity contribution in [2.75, 3.05) is 36.5 Å². The number of hydrogen-bond acceptors (Lipinski definition) is 7. The van der Waals surface area contributed by atoms with Gasteiger partial charge in [-0.25, -0.2) is 14.6 Å². The van der Waals surface area contributed by atoms with Crippen LogP contribution in [0.5, 0.6) is 0 Å². The van der Waals surface area contributed by atoms with Crippen LogP contribution in [-0.4, -0.2) is 52.0 Å². The quantitative estimate of drug-likeness (QED) is 0.767. The fourth-order valence-corrected chi connectivity index (χ4v) is 3.26. The van der Waals surface area contributed by atoms with Gasteiger partial charge in [0.2, 0.25) is 0 Å². The molecule has 0 atom stereocenters. The maximum absolute atomic E-state index is 12.1. The third-order valence-corrected chi connectivity index (χ3v) is 4.55. The summed E-state index contributed by atoms with van der Waals surface area (Å²) >= 11 is 1.48. The number of carbonyl (C=O) groups is 1. The molecule has 128 valence electrons. The molecule has 1 saturated heterocycles. The molecular formula is C16H16N6O2S. The van der Waals surface area contributed by atoms with Gasteiger partial charge >= 0.3 is 0 Å². The van der Waals surface area contributed by atoms with Crippen LogP contribution in [0.3, 0.4) is 0 Å². The third-order valence-electron chi connectivity index (χ3n) is 3.87. The second-order valence-corrected chi connectivity index (χ2v) is 6.25. The Hall–Kier alpha value is -2.78. The molecule has 0 radical (unpaired) electrons. The standard InChI is InChI=1S/C16H16N6O2S/c23-16(12-1-6-25-10-12)20-13-7-19-22(9-13)15-14(8-17-11-18-15)21-2-4-24-5-3-21/h1,6-11H,2-5H2,(H,20,23). The Kier molecular flexibility index (Phi) is 4.40. The monoisotopic (exact) mass is 356 g/mol. The molecule has 0 spiro atoms. The average molecular weight is 356 g/mol. The summed E-state index contributed by atoms with van der Waals surface area (Å²) in [7, 11) is 0. The number of anilines is 2. The molecule has 4 rings (SSSR count). The van der Waals surface area contributed by atoms with Crippen LogP contribution in [0.2, 0.25) is 0 Å². The fraction of sp³-hybridized carbons (Fsp3) is 0.250. The Balaban J connectivity index is 1.57. The molecule has 1 N–H and O–H groups in total. The highest BCUT2D eigenvalue weighted by molar-refractivity contribution is 7.08. The van der Waals surface area contributed by atoms with Crippen LogP contribution in [0, 0.1) is 0 Å². The van der Waals surface area contributed by atoms with Crippen LogP contribution >= 0.6 is 11.3 Å². The van der Waals surface area contributed by atoms with E-state index in [0.29, 0.717) is 30.3 Å². The van der Waals surface area contributed by atoms with E-state index in [1.54, 1.807) is 34.7 Å². The minimum Gasteiger partial charge on any atom is -0.378 e. The van der Waals surface area contributed by atoms with Crippen molar-refractivity contribution < 1.29 is 9.53 Å². The van der Waals surface area contributed by atoms with Gasteiger partial charge in [-0.05, 0) is 11.4 Å². The van der Waals surface area contributed by atoms with Crippen LogP contribution in [0.4, 0.5) is 11.4 Å². The van der Waals surface area contributed by atoms with E-state index in [1.165, 1.54) is 17.7 Å². The topological polar surface area (TPSA) is 85.2 Å². The largest absolute Gasteiger partial charge is 0.378 e. The minimum absolute atomic E-state index is 0.156. The van der Waals surface area contributed by atoms with Gasteiger partial charge in [-0.15, -0.1) is 0 Å². The summed E-state index contributed by atoms with van der Waals surface area (Å²) in [4.78, 5) is 22.8. The Labute approximate surface area is 148 Å². The van der Waals surface area contributed by atoms with E-state index in [1.807, 2.05) is 5.38 Å². The van der Waals surface area contributed by atoms with Gasteiger partial charge in [0.15, 0.2) is 5.82 Å². The molecule has 25 heavy (non-hydrogen) atoms. The van der Waals surface area contributed by atoms with E-state index in [-0.39, 0.29) is 5.91 Å². The normalized spacial score (nSPS) is 14.5. The lowest BCUT2D eigenvalue weighted by atomic mass is 10.3. The third kappa shape index (κ3) is 3.37. The first-order valence-corrected chi connectivity index (χ1v) is 8.77. The Morgan fingerprint density at radius 1 is 1.28 bits per heavy atom. The molecule has 3 aromatic heterocycles. The highest BCUT2D eigenvalue weighted by Gasteiger charge is 2.18. The molecule has 0 saturated carbocycles. The summed E-state index contributed by atoms with van der Waals surface area (Å²) in [5, 5.41) is 10.8. The molecule has 1 fully saturated rings. The average Bonchev–Trinajstić information content (AvgIpc) is 3.34. The van der Waals surface area contributed by atoms with Crippen molar-refractivity contribution in [1.29, 1.82) is 0 Å². The van der Waals surface area contributed by atoms with Crippen molar-refractivity contribution in [3.63, 3.8) is 0 Å². The van der Waals surface area contributed by atoms with Crippen LogP contribution in [0.25, 0.3) is 5.82 Å². The predicted molar refractivity (Wildman–Crippen MR) is 94.5 cm³/mol. The van der Waals surface area contributed by atoms with E-state index in [0.717, 1.165) is 18.8 Å². The number of amides is 1. The van der Waals surface area contributed by atoms with Crippen molar-refractivity contribution in [3.05, 3.63) is 47.3 Å². The number of ether oxygens (including phenoxy) is 1. The number of aromatic nitrogens is 4. The van der Waals surface area contributed by atoms with Gasteiger partial charge in [0, 0.05) is 18.5 Å². The molecule has 4 heterocycles. The van der Waals surface area contributed by atoms with E-state index in [4.69, 9.17) is 4.74 Å². The highest BCUT2D eigenvalue weighted by atomic mass is 32.1. The SMILES string of the molecule is O=C(Nc1cnn(-c2ncncc2N2CCOCC2)c1)c1ccsc1. The first-order chi connectivity index (χ1) is 12.3. The smallest absolute Gasteiger partial charge is 0.256 e. The van der Waals surface area contributed by atoms with Gasteiger partial charge in [0.1, 0.15) is 12.0 Å². The van der Waals surface area contributed by atoms with Crippen molar-refractivity contribution in [2.24, 2.45) is 0 Å². The van der Waals surface area contributed by atoms with Crippen LogP contribution in [0.1, 0.15) is 10.4 Å². The summed E-state index contributed by atoms with van der Waals surface area (Å²) in [6.45, 7) is 2.91. The molecule has 0 unspecified atom stereocenters. The summed E-state index contributed by atoms with van der Waals surface area (Å²) in [5.74, 6) is 0.518. The summed E-state index contributed by atoms with van der Waals surface area (Å²) in [6, 6.07) is 1.78. The summed E-state index contributed by atoms with van der Waals surface area (Å²) in [6.07, 6.45) is 6.62. The zero-order valence-corrected chi connectivity index (χ0v) is 14.1. The summed E-state index contributed by atoms with van der Waals surface area (Å²) < 4.78 is 7.05. The van der Waals surface area contributed by atoms with Crippen LogP contribution in [-0.2, 0) is 4.74 Å². The molecular weight excluding hydrogens is 340 g/mol. The highest BCUT2D eigenvalue weighted by Crippen LogP contribution is 2.23. The van der Waals surface area contributed by atoms with Gasteiger partial charge in [-0.1, -0.05) is 0 Å². The van der Waals surface area contributed by atoms with Gasteiger partial charge in [-0.2, -0.15) is 16.4 Å². The predicted octanol–water partition coefficient (Wildman–Crippen LogP) is 1.81. The van der Waals surface area contributed by atoms with E-state index in [2.05, 4.69) is 25.3 Å². The van der Waals surface area contributed by atoms with Gasteiger partial charge < -0.3 is 15.0 Å². The van der Waals surface area contributed by atoms with E-state index in [9.17, 15) is 4.79 Å². The molecule has 1 aliphatic rings. The first kappa shape index (κ1) is 15.7. The molecule has 8 nitrogen and oxygen atoms in total.